The van der Waals surface area contributed by atoms with Crippen LogP contribution in [0.15, 0.2) is 0 Å². The molecule has 0 unspecified atom stereocenters. The van der Waals surface area contributed by atoms with Crippen LogP contribution in [-0.2, 0) is 9.59 Å². The lowest BCUT2D eigenvalue weighted by atomic mass is 10.3. The highest BCUT2D eigenvalue weighted by Crippen LogP contribution is 2.09. The average molecular weight is 301 g/mol. The summed E-state index contributed by atoms with van der Waals surface area (Å²) < 4.78 is 25.5. The van der Waals surface area contributed by atoms with Gasteiger partial charge in [0.05, 0.1) is 13.1 Å². The van der Waals surface area contributed by atoms with E-state index in [9.17, 15) is 23.2 Å². The molecule has 0 aliphatic carbocycles. The molecule has 1 rings (SSSR count). The predicted molar refractivity (Wildman–Crippen MR) is 64.0 cm³/mol. The number of urea groups is 1. The Morgan fingerprint density at radius 2 is 2.05 bits per heavy atom. The molecule has 0 aromatic carbocycles. The molecule has 10 heteroatoms. The molecule has 1 heterocycles. The Morgan fingerprint density at radius 1 is 1.47 bits per heavy atom. The van der Waals surface area contributed by atoms with Crippen molar-refractivity contribution >= 4 is 30.3 Å². The first-order chi connectivity index (χ1) is 8.26. The first-order valence-electron chi connectivity index (χ1n) is 5.17. The predicted octanol–water partition coefficient (Wildman–Crippen LogP) is -0.988. The highest BCUT2D eigenvalue weighted by molar-refractivity contribution is 6.04. The van der Waals surface area contributed by atoms with E-state index in [4.69, 9.17) is 5.73 Å². The molecule has 0 radical (unpaired) electrons. The number of hydrogen-bond acceptors (Lipinski definition) is 4. The SMILES string of the molecule is CN1CC(=O)N(CC(=O)NCC(F)(F)CN)C1=O.Cl. The number of nitrogens with zero attached hydrogens (tertiary/aromatic N) is 2. The molecule has 0 spiro atoms. The van der Waals surface area contributed by atoms with Crippen LogP contribution < -0.4 is 11.1 Å². The summed E-state index contributed by atoms with van der Waals surface area (Å²) in [6.07, 6.45) is 0. The minimum Gasteiger partial charge on any atom is -0.348 e. The lowest BCUT2D eigenvalue weighted by Gasteiger charge is -2.17. The van der Waals surface area contributed by atoms with Crippen LogP contribution in [0.3, 0.4) is 0 Å². The van der Waals surface area contributed by atoms with Crippen LogP contribution in [0.5, 0.6) is 0 Å². The third kappa shape index (κ3) is 4.60. The van der Waals surface area contributed by atoms with Crippen LogP contribution in [0, 0.1) is 0 Å². The molecule has 4 amide bonds. The number of halogens is 3. The summed E-state index contributed by atoms with van der Waals surface area (Å²) in [6, 6.07) is -0.624. The van der Waals surface area contributed by atoms with Gasteiger partial charge in [-0.1, -0.05) is 0 Å². The van der Waals surface area contributed by atoms with Gasteiger partial charge in [-0.15, -0.1) is 12.4 Å². The Hall–Kier alpha value is -1.48. The van der Waals surface area contributed by atoms with Gasteiger partial charge in [-0.3, -0.25) is 14.5 Å². The normalized spacial score (nSPS) is 15.6. The van der Waals surface area contributed by atoms with E-state index in [2.05, 4.69) is 0 Å². The van der Waals surface area contributed by atoms with Crippen LogP contribution in [0.2, 0.25) is 0 Å². The Kier molecular flexibility index (Phi) is 6.10. The van der Waals surface area contributed by atoms with Crippen LogP contribution in [-0.4, -0.2) is 66.8 Å². The van der Waals surface area contributed by atoms with Crippen molar-refractivity contribution in [1.82, 2.24) is 15.1 Å². The summed E-state index contributed by atoms with van der Waals surface area (Å²) in [5.41, 5.74) is 4.79. The number of nitrogens with two attached hydrogens (primary N) is 1. The number of carbonyl (C=O) groups is 3. The highest BCUT2D eigenvalue weighted by atomic mass is 35.5. The molecule has 0 aromatic heterocycles. The van der Waals surface area contributed by atoms with Crippen molar-refractivity contribution in [2.24, 2.45) is 5.73 Å². The van der Waals surface area contributed by atoms with E-state index in [1.807, 2.05) is 5.32 Å². The van der Waals surface area contributed by atoms with Crippen molar-refractivity contribution in [3.63, 3.8) is 0 Å². The third-order valence-corrected chi connectivity index (χ3v) is 2.38. The van der Waals surface area contributed by atoms with E-state index in [-0.39, 0.29) is 19.0 Å². The summed E-state index contributed by atoms with van der Waals surface area (Å²) in [5.74, 6) is -4.57. The van der Waals surface area contributed by atoms with Gasteiger partial charge in [0.2, 0.25) is 5.91 Å². The molecule has 7 nitrogen and oxygen atoms in total. The maximum absolute atomic E-state index is 12.7. The molecule has 1 aliphatic rings. The molecule has 19 heavy (non-hydrogen) atoms. The minimum absolute atomic E-state index is 0. The summed E-state index contributed by atoms with van der Waals surface area (Å²) in [7, 11) is 1.40. The van der Waals surface area contributed by atoms with Crippen LogP contribution in [0.25, 0.3) is 0 Å². The number of alkyl halides is 2. The number of likely N-dealkylation sites (N-methyl/N-ethyl adjacent to an activating group) is 1. The van der Waals surface area contributed by atoms with E-state index in [1.54, 1.807) is 0 Å². The summed E-state index contributed by atoms with van der Waals surface area (Å²) in [5, 5.41) is 1.92. The zero-order chi connectivity index (χ0) is 13.9. The van der Waals surface area contributed by atoms with Crippen LogP contribution >= 0.6 is 12.4 Å². The molecule has 1 fully saturated rings. The van der Waals surface area contributed by atoms with Gasteiger partial charge in [0, 0.05) is 7.05 Å². The quantitative estimate of drug-likeness (QED) is 0.637. The highest BCUT2D eigenvalue weighted by Gasteiger charge is 2.35. The summed E-state index contributed by atoms with van der Waals surface area (Å²) in [6.45, 7) is -2.50. The third-order valence-electron chi connectivity index (χ3n) is 2.38. The van der Waals surface area contributed by atoms with Crippen molar-refractivity contribution in [2.45, 2.75) is 5.92 Å². The molecule has 110 valence electrons. The Labute approximate surface area is 114 Å². The fourth-order valence-electron chi connectivity index (χ4n) is 1.32. The summed E-state index contributed by atoms with van der Waals surface area (Å²) in [4.78, 5) is 35.8. The van der Waals surface area contributed by atoms with E-state index in [1.165, 1.54) is 7.05 Å². The molecule has 1 aliphatic heterocycles. The van der Waals surface area contributed by atoms with Gasteiger partial charge in [0.15, 0.2) is 0 Å². The van der Waals surface area contributed by atoms with E-state index < -0.39 is 43.4 Å². The number of hydrogen-bond donors (Lipinski definition) is 2. The number of amides is 4. The Balaban J connectivity index is 0.00000324. The fourth-order valence-corrected chi connectivity index (χ4v) is 1.32. The largest absolute Gasteiger partial charge is 0.348 e. The molecular weight excluding hydrogens is 286 g/mol. The number of rotatable bonds is 5. The van der Waals surface area contributed by atoms with Crippen molar-refractivity contribution in [3.8, 4) is 0 Å². The maximum Gasteiger partial charge on any atom is 0.327 e. The van der Waals surface area contributed by atoms with Gasteiger partial charge in [0.1, 0.15) is 13.1 Å². The van der Waals surface area contributed by atoms with Crippen molar-refractivity contribution in [2.75, 3.05) is 33.2 Å². The average Bonchev–Trinajstić information content (AvgIpc) is 2.54. The topological polar surface area (TPSA) is 95.7 Å². The van der Waals surface area contributed by atoms with Crippen LogP contribution in [0.4, 0.5) is 13.6 Å². The van der Waals surface area contributed by atoms with Crippen LogP contribution in [0.1, 0.15) is 0 Å². The molecule has 0 atom stereocenters. The van der Waals surface area contributed by atoms with E-state index in [0.29, 0.717) is 4.90 Å². The molecular formula is C9H15ClF2N4O3. The van der Waals surface area contributed by atoms with Gasteiger partial charge in [-0.25, -0.2) is 13.6 Å². The molecule has 0 aromatic rings. The second kappa shape index (κ2) is 6.62. The lowest BCUT2D eigenvalue weighted by Crippen LogP contribution is -2.46. The number of carbonyl (C=O) groups excluding carboxylic acids is 3. The Bertz CT molecular complexity index is 380. The number of imide groups is 1. The monoisotopic (exact) mass is 300 g/mol. The second-order valence-electron chi connectivity index (χ2n) is 3.96. The van der Waals surface area contributed by atoms with Gasteiger partial charge in [-0.05, 0) is 0 Å². The number of nitrogens with one attached hydrogen (secondary N) is 1. The van der Waals surface area contributed by atoms with Crippen molar-refractivity contribution in [3.05, 3.63) is 0 Å². The first kappa shape index (κ1) is 17.5. The lowest BCUT2D eigenvalue weighted by molar-refractivity contribution is -0.131. The van der Waals surface area contributed by atoms with Crippen molar-refractivity contribution in [1.29, 1.82) is 0 Å². The fraction of sp³-hybridized carbons (Fsp3) is 0.667. The summed E-state index contributed by atoms with van der Waals surface area (Å²) >= 11 is 0. The molecule has 0 saturated carbocycles. The molecule has 0 bridgehead atoms. The van der Waals surface area contributed by atoms with Gasteiger partial charge >= 0.3 is 6.03 Å². The first-order valence-corrected chi connectivity index (χ1v) is 5.17. The second-order valence-corrected chi connectivity index (χ2v) is 3.96. The Morgan fingerprint density at radius 3 is 2.47 bits per heavy atom. The smallest absolute Gasteiger partial charge is 0.327 e. The molecule has 3 N–H and O–H groups in total. The maximum atomic E-state index is 12.7. The van der Waals surface area contributed by atoms with E-state index in [0.717, 1.165) is 4.90 Å². The molecule has 1 saturated heterocycles. The zero-order valence-corrected chi connectivity index (χ0v) is 11.0. The zero-order valence-electron chi connectivity index (χ0n) is 10.2. The minimum atomic E-state index is -3.20. The van der Waals surface area contributed by atoms with E-state index >= 15 is 0 Å². The standard InChI is InChI=1S/C9H14F2N4O3.ClH/c1-14-3-7(17)15(8(14)18)2-6(16)13-5-9(10,11)4-12;/h2-5,12H2,1H3,(H,13,16);1H. The van der Waals surface area contributed by atoms with Gasteiger partial charge < -0.3 is 16.0 Å². The van der Waals surface area contributed by atoms with Gasteiger partial charge in [0.25, 0.3) is 11.8 Å². The van der Waals surface area contributed by atoms with Crippen molar-refractivity contribution < 1.29 is 23.2 Å². The van der Waals surface area contributed by atoms with Gasteiger partial charge in [-0.2, -0.15) is 0 Å².